The molecule has 0 saturated heterocycles. The lowest BCUT2D eigenvalue weighted by molar-refractivity contribution is 0.0934. The van der Waals surface area contributed by atoms with Gasteiger partial charge in [-0.1, -0.05) is 6.07 Å². The van der Waals surface area contributed by atoms with Crippen LogP contribution in [0.3, 0.4) is 0 Å². The summed E-state index contributed by atoms with van der Waals surface area (Å²) in [6.07, 6.45) is 1.46. The first-order valence-corrected chi connectivity index (χ1v) is 7.05. The lowest BCUT2D eigenvalue weighted by Gasteiger charge is -2.21. The molecule has 0 radical (unpaired) electrons. The molecular formula is C16H17N3O3. The highest BCUT2D eigenvalue weighted by Crippen LogP contribution is 2.32. The Balaban J connectivity index is 1.72. The van der Waals surface area contributed by atoms with E-state index in [-0.39, 0.29) is 11.9 Å². The van der Waals surface area contributed by atoms with Gasteiger partial charge in [0, 0.05) is 0 Å². The summed E-state index contributed by atoms with van der Waals surface area (Å²) < 4.78 is 11.0. The third kappa shape index (κ3) is 2.95. The summed E-state index contributed by atoms with van der Waals surface area (Å²) >= 11 is 0. The number of nitrogens with two attached hydrogens (primary N) is 1. The number of ether oxygens (including phenoxy) is 2. The number of amides is 1. The van der Waals surface area contributed by atoms with Gasteiger partial charge in [0.15, 0.2) is 11.5 Å². The number of hydrogen-bond donors (Lipinski definition) is 2. The van der Waals surface area contributed by atoms with Crippen LogP contribution in [0.5, 0.6) is 11.5 Å². The highest BCUT2D eigenvalue weighted by Gasteiger charge is 2.16. The molecule has 1 unspecified atom stereocenters. The average molecular weight is 299 g/mol. The zero-order chi connectivity index (χ0) is 15.5. The van der Waals surface area contributed by atoms with Crippen LogP contribution < -0.4 is 20.5 Å². The second-order valence-electron chi connectivity index (χ2n) is 5.08. The molecule has 2 aromatic rings. The molecule has 0 aliphatic carbocycles. The Kier molecular flexibility index (Phi) is 3.82. The van der Waals surface area contributed by atoms with Crippen LogP contribution >= 0.6 is 0 Å². The highest BCUT2D eigenvalue weighted by atomic mass is 16.6. The summed E-state index contributed by atoms with van der Waals surface area (Å²) in [5.41, 5.74) is 7.36. The second kappa shape index (κ2) is 5.93. The van der Waals surface area contributed by atoms with Crippen molar-refractivity contribution in [2.75, 3.05) is 18.9 Å². The quantitative estimate of drug-likeness (QED) is 0.904. The number of benzene rings is 1. The van der Waals surface area contributed by atoms with Crippen LogP contribution in [0.15, 0.2) is 36.5 Å². The fourth-order valence-electron chi connectivity index (χ4n) is 2.22. The summed E-state index contributed by atoms with van der Waals surface area (Å²) in [4.78, 5) is 16.2. The first kappa shape index (κ1) is 14.2. The largest absolute Gasteiger partial charge is 0.486 e. The van der Waals surface area contributed by atoms with Gasteiger partial charge in [0.2, 0.25) is 0 Å². The number of nitrogens with one attached hydrogen (secondary N) is 1. The van der Waals surface area contributed by atoms with Crippen molar-refractivity contribution in [3.05, 3.63) is 47.8 Å². The zero-order valence-electron chi connectivity index (χ0n) is 12.2. The Morgan fingerprint density at radius 2 is 2.00 bits per heavy atom. The van der Waals surface area contributed by atoms with Crippen molar-refractivity contribution in [1.29, 1.82) is 0 Å². The number of nitrogens with zero attached hydrogens (tertiary/aromatic N) is 1. The molecular weight excluding hydrogens is 282 g/mol. The number of carbonyl (C=O) groups excluding carboxylic acids is 1. The molecule has 22 heavy (non-hydrogen) atoms. The van der Waals surface area contributed by atoms with Crippen molar-refractivity contribution >= 4 is 11.6 Å². The second-order valence-corrected chi connectivity index (χ2v) is 5.08. The molecule has 0 saturated carbocycles. The maximum absolute atomic E-state index is 12.2. The van der Waals surface area contributed by atoms with E-state index in [1.54, 1.807) is 12.1 Å². The number of rotatable bonds is 3. The third-order valence-corrected chi connectivity index (χ3v) is 3.43. The van der Waals surface area contributed by atoms with E-state index in [1.165, 1.54) is 6.20 Å². The predicted molar refractivity (Wildman–Crippen MR) is 82.0 cm³/mol. The van der Waals surface area contributed by atoms with Crippen molar-refractivity contribution in [2.45, 2.75) is 13.0 Å². The third-order valence-electron chi connectivity index (χ3n) is 3.43. The molecule has 114 valence electrons. The van der Waals surface area contributed by atoms with Crippen molar-refractivity contribution in [2.24, 2.45) is 0 Å². The molecule has 1 atom stereocenters. The molecule has 3 rings (SSSR count). The Morgan fingerprint density at radius 3 is 2.73 bits per heavy atom. The number of aromatic nitrogens is 1. The lowest BCUT2D eigenvalue weighted by Crippen LogP contribution is -2.27. The molecule has 3 N–H and O–H groups in total. The maximum Gasteiger partial charge on any atom is 0.270 e. The van der Waals surface area contributed by atoms with Gasteiger partial charge in [-0.3, -0.25) is 4.79 Å². The van der Waals surface area contributed by atoms with Crippen LogP contribution in [0.1, 0.15) is 29.0 Å². The minimum atomic E-state index is -0.248. The zero-order valence-corrected chi connectivity index (χ0v) is 12.2. The standard InChI is InChI=1S/C16H17N3O3/c1-10(19-16(20)13-4-3-12(17)9-18-13)11-2-5-14-15(8-11)22-7-6-21-14/h2-5,8-10H,6-7,17H2,1H3,(H,19,20). The van der Waals surface area contributed by atoms with E-state index < -0.39 is 0 Å². The molecule has 6 nitrogen and oxygen atoms in total. The molecule has 1 aliphatic heterocycles. The molecule has 2 heterocycles. The van der Waals surface area contributed by atoms with Crippen molar-refractivity contribution in [1.82, 2.24) is 10.3 Å². The van der Waals surface area contributed by atoms with Gasteiger partial charge in [-0.2, -0.15) is 0 Å². The predicted octanol–water partition coefficient (Wildman–Crippen LogP) is 1.93. The molecule has 1 aromatic heterocycles. The molecule has 1 amide bonds. The van der Waals surface area contributed by atoms with E-state index in [4.69, 9.17) is 15.2 Å². The first-order valence-electron chi connectivity index (χ1n) is 7.05. The molecule has 0 bridgehead atoms. The van der Waals surface area contributed by atoms with Gasteiger partial charge in [0.1, 0.15) is 18.9 Å². The monoisotopic (exact) mass is 299 g/mol. The van der Waals surface area contributed by atoms with Gasteiger partial charge < -0.3 is 20.5 Å². The molecule has 6 heteroatoms. The molecule has 0 fully saturated rings. The van der Waals surface area contributed by atoms with E-state index in [0.717, 1.165) is 11.3 Å². The van der Waals surface area contributed by atoms with Crippen molar-refractivity contribution < 1.29 is 14.3 Å². The topological polar surface area (TPSA) is 86.5 Å². The van der Waals surface area contributed by atoms with Gasteiger partial charge in [0.25, 0.3) is 5.91 Å². The van der Waals surface area contributed by atoms with Gasteiger partial charge >= 0.3 is 0 Å². The van der Waals surface area contributed by atoms with Gasteiger partial charge in [-0.15, -0.1) is 0 Å². The van der Waals surface area contributed by atoms with Crippen LogP contribution in [-0.4, -0.2) is 24.1 Å². The number of pyridine rings is 1. The minimum absolute atomic E-state index is 0.178. The van der Waals surface area contributed by atoms with E-state index in [2.05, 4.69) is 10.3 Å². The Morgan fingerprint density at radius 1 is 1.23 bits per heavy atom. The Labute approximate surface area is 128 Å². The fourth-order valence-corrected chi connectivity index (χ4v) is 2.22. The van der Waals surface area contributed by atoms with E-state index in [9.17, 15) is 4.79 Å². The minimum Gasteiger partial charge on any atom is -0.486 e. The van der Waals surface area contributed by atoms with Crippen LogP contribution in [0.25, 0.3) is 0 Å². The number of fused-ring (bicyclic) bond motifs is 1. The van der Waals surface area contributed by atoms with E-state index in [1.807, 2.05) is 25.1 Å². The fraction of sp³-hybridized carbons (Fsp3) is 0.250. The van der Waals surface area contributed by atoms with Crippen LogP contribution in [0.4, 0.5) is 5.69 Å². The summed E-state index contributed by atoms with van der Waals surface area (Å²) in [5.74, 6) is 1.19. The molecule has 1 aliphatic rings. The number of carbonyl (C=O) groups is 1. The van der Waals surface area contributed by atoms with Crippen LogP contribution in [-0.2, 0) is 0 Å². The number of hydrogen-bond acceptors (Lipinski definition) is 5. The van der Waals surface area contributed by atoms with Gasteiger partial charge in [-0.05, 0) is 36.8 Å². The highest BCUT2D eigenvalue weighted by molar-refractivity contribution is 5.92. The lowest BCUT2D eigenvalue weighted by atomic mass is 10.1. The summed E-state index contributed by atoms with van der Waals surface area (Å²) in [5, 5.41) is 2.90. The Hall–Kier alpha value is -2.76. The van der Waals surface area contributed by atoms with E-state index >= 15 is 0 Å². The smallest absolute Gasteiger partial charge is 0.270 e. The summed E-state index contributed by atoms with van der Waals surface area (Å²) in [6.45, 7) is 2.99. The van der Waals surface area contributed by atoms with Crippen LogP contribution in [0, 0.1) is 0 Å². The molecule has 0 spiro atoms. The molecule has 1 aromatic carbocycles. The Bertz CT molecular complexity index is 686. The average Bonchev–Trinajstić information content (AvgIpc) is 2.55. The maximum atomic E-state index is 12.2. The van der Waals surface area contributed by atoms with Crippen molar-refractivity contribution in [3.8, 4) is 11.5 Å². The van der Waals surface area contributed by atoms with E-state index in [0.29, 0.717) is 30.3 Å². The van der Waals surface area contributed by atoms with Gasteiger partial charge in [-0.25, -0.2) is 4.98 Å². The normalized spacial score (nSPS) is 14.2. The number of nitrogen functional groups attached to an aromatic ring is 1. The summed E-state index contributed by atoms with van der Waals surface area (Å²) in [6, 6.07) is 8.72. The number of anilines is 1. The van der Waals surface area contributed by atoms with Crippen molar-refractivity contribution in [3.63, 3.8) is 0 Å². The van der Waals surface area contributed by atoms with Crippen LogP contribution in [0.2, 0.25) is 0 Å². The SMILES string of the molecule is CC(NC(=O)c1ccc(N)cn1)c1ccc2c(c1)OCCO2. The summed E-state index contributed by atoms with van der Waals surface area (Å²) in [7, 11) is 0. The van der Waals surface area contributed by atoms with Gasteiger partial charge in [0.05, 0.1) is 17.9 Å². The first-order chi connectivity index (χ1) is 10.6.